The SMILES string of the molecule is CCC1(C(=O)O)CCCN1c1nccc(OC)n1. The van der Waals surface area contributed by atoms with Crippen molar-refractivity contribution >= 4 is 11.9 Å². The number of carboxylic acid groups (broad SMARTS) is 1. The van der Waals surface area contributed by atoms with E-state index in [0.717, 1.165) is 6.42 Å². The van der Waals surface area contributed by atoms with Crippen LogP contribution in [-0.4, -0.2) is 40.2 Å². The first-order valence-electron chi connectivity index (χ1n) is 6.02. The lowest BCUT2D eigenvalue weighted by molar-refractivity contribution is -0.143. The lowest BCUT2D eigenvalue weighted by atomic mass is 9.93. The largest absolute Gasteiger partial charge is 0.481 e. The number of hydrogen-bond acceptors (Lipinski definition) is 5. The van der Waals surface area contributed by atoms with Crippen LogP contribution in [0.3, 0.4) is 0 Å². The average Bonchev–Trinajstić information content (AvgIpc) is 2.84. The van der Waals surface area contributed by atoms with Crippen LogP contribution in [0, 0.1) is 0 Å². The maximum atomic E-state index is 11.6. The predicted molar refractivity (Wildman–Crippen MR) is 65.8 cm³/mol. The monoisotopic (exact) mass is 251 g/mol. The molecule has 18 heavy (non-hydrogen) atoms. The minimum atomic E-state index is -0.883. The number of aromatic nitrogens is 2. The quantitative estimate of drug-likeness (QED) is 0.869. The Balaban J connectivity index is 2.39. The van der Waals surface area contributed by atoms with Crippen LogP contribution in [0.5, 0.6) is 5.88 Å². The van der Waals surface area contributed by atoms with Gasteiger partial charge >= 0.3 is 5.97 Å². The summed E-state index contributed by atoms with van der Waals surface area (Å²) in [4.78, 5) is 21.7. The number of rotatable bonds is 4. The van der Waals surface area contributed by atoms with Gasteiger partial charge in [-0.3, -0.25) is 0 Å². The molecule has 6 nitrogen and oxygen atoms in total. The zero-order valence-electron chi connectivity index (χ0n) is 10.6. The van der Waals surface area contributed by atoms with Gasteiger partial charge in [-0.05, 0) is 19.3 Å². The van der Waals surface area contributed by atoms with Crippen molar-refractivity contribution in [3.05, 3.63) is 12.3 Å². The molecule has 1 fully saturated rings. The second kappa shape index (κ2) is 4.80. The van der Waals surface area contributed by atoms with Gasteiger partial charge < -0.3 is 14.7 Å². The van der Waals surface area contributed by atoms with Gasteiger partial charge in [-0.2, -0.15) is 4.98 Å². The first-order chi connectivity index (χ1) is 8.64. The summed E-state index contributed by atoms with van der Waals surface area (Å²) < 4.78 is 5.05. The second-order valence-corrected chi connectivity index (χ2v) is 4.34. The lowest BCUT2D eigenvalue weighted by Gasteiger charge is -2.33. The number of hydrogen-bond donors (Lipinski definition) is 1. The van der Waals surface area contributed by atoms with E-state index in [0.29, 0.717) is 31.2 Å². The number of carboxylic acids is 1. The topological polar surface area (TPSA) is 75.5 Å². The van der Waals surface area contributed by atoms with Crippen molar-refractivity contribution in [3.63, 3.8) is 0 Å². The van der Waals surface area contributed by atoms with Gasteiger partial charge in [0.15, 0.2) is 0 Å². The van der Waals surface area contributed by atoms with Crippen molar-refractivity contribution in [2.45, 2.75) is 31.7 Å². The minimum absolute atomic E-state index is 0.427. The van der Waals surface area contributed by atoms with E-state index in [1.165, 1.54) is 7.11 Å². The highest BCUT2D eigenvalue weighted by atomic mass is 16.5. The summed E-state index contributed by atoms with van der Waals surface area (Å²) in [6.07, 6.45) is 3.57. The van der Waals surface area contributed by atoms with Crippen LogP contribution in [0.15, 0.2) is 12.3 Å². The average molecular weight is 251 g/mol. The molecule has 0 aliphatic carbocycles. The molecule has 2 heterocycles. The van der Waals surface area contributed by atoms with Crippen molar-refractivity contribution in [2.24, 2.45) is 0 Å². The van der Waals surface area contributed by atoms with E-state index in [9.17, 15) is 9.90 Å². The molecule has 0 amide bonds. The van der Waals surface area contributed by atoms with Crippen LogP contribution in [-0.2, 0) is 4.79 Å². The Kier molecular flexibility index (Phi) is 3.36. The zero-order valence-corrected chi connectivity index (χ0v) is 10.6. The van der Waals surface area contributed by atoms with Crippen molar-refractivity contribution < 1.29 is 14.6 Å². The summed E-state index contributed by atoms with van der Waals surface area (Å²) >= 11 is 0. The number of nitrogens with zero attached hydrogens (tertiary/aromatic N) is 3. The van der Waals surface area contributed by atoms with Crippen LogP contribution >= 0.6 is 0 Å². The fourth-order valence-electron chi connectivity index (χ4n) is 2.49. The highest BCUT2D eigenvalue weighted by molar-refractivity contribution is 5.83. The Morgan fingerprint density at radius 3 is 3.06 bits per heavy atom. The number of carbonyl (C=O) groups is 1. The molecule has 0 aromatic carbocycles. The van der Waals surface area contributed by atoms with Gasteiger partial charge in [-0.15, -0.1) is 0 Å². The summed E-state index contributed by atoms with van der Waals surface area (Å²) in [5.74, 6) is 0.0623. The highest BCUT2D eigenvalue weighted by Gasteiger charge is 2.47. The Morgan fingerprint density at radius 2 is 2.44 bits per heavy atom. The van der Waals surface area contributed by atoms with E-state index < -0.39 is 11.5 Å². The zero-order chi connectivity index (χ0) is 13.2. The van der Waals surface area contributed by atoms with Gasteiger partial charge in [0.1, 0.15) is 5.54 Å². The Morgan fingerprint density at radius 1 is 1.67 bits per heavy atom. The molecule has 1 aliphatic heterocycles. The molecule has 1 N–H and O–H groups in total. The molecule has 0 radical (unpaired) electrons. The normalized spacial score (nSPS) is 23.1. The fourth-order valence-corrected chi connectivity index (χ4v) is 2.49. The van der Waals surface area contributed by atoms with E-state index in [4.69, 9.17) is 4.74 Å². The molecule has 1 atom stereocenters. The molecule has 0 bridgehead atoms. The molecular weight excluding hydrogens is 234 g/mol. The second-order valence-electron chi connectivity index (χ2n) is 4.34. The first-order valence-corrected chi connectivity index (χ1v) is 6.02. The van der Waals surface area contributed by atoms with Crippen molar-refractivity contribution in [1.82, 2.24) is 9.97 Å². The van der Waals surface area contributed by atoms with E-state index in [1.807, 2.05) is 6.92 Å². The number of ether oxygens (including phenoxy) is 1. The molecule has 1 unspecified atom stereocenters. The van der Waals surface area contributed by atoms with E-state index in [-0.39, 0.29) is 0 Å². The summed E-state index contributed by atoms with van der Waals surface area (Å²) in [6.45, 7) is 2.54. The Bertz CT molecular complexity index is 452. The summed E-state index contributed by atoms with van der Waals surface area (Å²) in [7, 11) is 1.53. The molecule has 1 aromatic heterocycles. The summed E-state index contributed by atoms with van der Waals surface area (Å²) in [5, 5.41) is 9.49. The van der Waals surface area contributed by atoms with Crippen LogP contribution in [0.2, 0.25) is 0 Å². The summed E-state index contributed by atoms with van der Waals surface area (Å²) in [5.41, 5.74) is -0.883. The molecule has 1 aliphatic rings. The highest BCUT2D eigenvalue weighted by Crippen LogP contribution is 2.35. The molecule has 6 heteroatoms. The standard InChI is InChI=1S/C12H17N3O3/c1-3-12(10(16)17)6-4-8-15(12)11-13-7-5-9(14-11)18-2/h5,7H,3-4,6,8H2,1-2H3,(H,16,17). The van der Waals surface area contributed by atoms with E-state index in [2.05, 4.69) is 9.97 Å². The maximum absolute atomic E-state index is 11.6. The maximum Gasteiger partial charge on any atom is 0.329 e. The summed E-state index contributed by atoms with van der Waals surface area (Å²) in [6, 6.07) is 1.65. The predicted octanol–water partition coefficient (Wildman–Crippen LogP) is 1.32. The van der Waals surface area contributed by atoms with Crippen LogP contribution < -0.4 is 9.64 Å². The third kappa shape index (κ3) is 1.87. The van der Waals surface area contributed by atoms with Crippen molar-refractivity contribution in [1.29, 1.82) is 0 Å². The smallest absolute Gasteiger partial charge is 0.329 e. The Hall–Kier alpha value is -1.85. The first kappa shape index (κ1) is 12.6. The minimum Gasteiger partial charge on any atom is -0.481 e. The lowest BCUT2D eigenvalue weighted by Crippen LogP contribution is -2.51. The van der Waals surface area contributed by atoms with Gasteiger partial charge in [0.25, 0.3) is 0 Å². The van der Waals surface area contributed by atoms with Crippen molar-refractivity contribution in [2.75, 3.05) is 18.6 Å². The van der Waals surface area contributed by atoms with Gasteiger partial charge in [0, 0.05) is 18.8 Å². The molecule has 2 rings (SSSR count). The number of methoxy groups -OCH3 is 1. The molecule has 98 valence electrons. The van der Waals surface area contributed by atoms with E-state index >= 15 is 0 Å². The van der Waals surface area contributed by atoms with Crippen LogP contribution in [0.4, 0.5) is 5.95 Å². The molecule has 0 saturated carbocycles. The van der Waals surface area contributed by atoms with E-state index in [1.54, 1.807) is 17.2 Å². The van der Waals surface area contributed by atoms with Gasteiger partial charge in [-0.25, -0.2) is 9.78 Å². The Labute approximate surface area is 106 Å². The fraction of sp³-hybridized carbons (Fsp3) is 0.583. The van der Waals surface area contributed by atoms with Crippen molar-refractivity contribution in [3.8, 4) is 5.88 Å². The molecule has 0 spiro atoms. The third-order valence-corrected chi connectivity index (χ3v) is 3.54. The molecule has 1 aromatic rings. The van der Waals surface area contributed by atoms with Gasteiger partial charge in [0.05, 0.1) is 7.11 Å². The van der Waals surface area contributed by atoms with Crippen LogP contribution in [0.25, 0.3) is 0 Å². The number of anilines is 1. The van der Waals surface area contributed by atoms with Gasteiger partial charge in [-0.1, -0.05) is 6.92 Å². The number of aliphatic carboxylic acids is 1. The molecule has 1 saturated heterocycles. The van der Waals surface area contributed by atoms with Crippen LogP contribution in [0.1, 0.15) is 26.2 Å². The molecular formula is C12H17N3O3. The third-order valence-electron chi connectivity index (χ3n) is 3.54. The van der Waals surface area contributed by atoms with Gasteiger partial charge in [0.2, 0.25) is 11.8 Å².